The predicted octanol–water partition coefficient (Wildman–Crippen LogP) is -0.441. The number of thioether (sulfide) groups is 2. The van der Waals surface area contributed by atoms with Gasteiger partial charge in [-0.1, -0.05) is 32.8 Å². The maximum absolute atomic E-state index is 13.2. The number of ketones is 1. The number of hydrogen-bond acceptors (Lipinski definition) is 12. The first kappa shape index (κ1) is 29.8. The number of oxime groups is 1. The molecule has 14 nitrogen and oxygen atoms in total. The summed E-state index contributed by atoms with van der Waals surface area (Å²) in [4.78, 5) is 83.9. The van der Waals surface area contributed by atoms with Crippen molar-refractivity contribution in [1.29, 1.82) is 0 Å². The molecule has 18 heteroatoms. The molecule has 0 bridgehead atoms. The van der Waals surface area contributed by atoms with E-state index in [4.69, 9.17) is 4.43 Å². The first-order chi connectivity index (χ1) is 17.8. The number of aryl methyl sites for hydroxylation is 1. The summed E-state index contributed by atoms with van der Waals surface area (Å²) in [5.74, 6) is -2.25. The number of carbonyl (C=O) groups is 4. The SMILES string of the molecule is CO/N=C(\C(=O)CBr)C(=O)N[C@@H]1C(=O)N2C(C(=O)O[Si](C)(C)C)=C(CSc3nc(=O)c(=O)[nH]n3C)CS[C@H]12. The lowest BCUT2D eigenvalue weighted by Crippen LogP contribution is -2.71. The third-order valence-electron chi connectivity index (χ3n) is 5.03. The molecule has 2 atom stereocenters. The molecular formula is C20H25BrN6O8S2Si. The molecule has 0 spiro atoms. The summed E-state index contributed by atoms with van der Waals surface area (Å²) in [6.45, 7) is 5.48. The fourth-order valence-corrected chi connectivity index (χ4v) is 6.76. The Hall–Kier alpha value is -2.70. The van der Waals surface area contributed by atoms with Crippen molar-refractivity contribution in [3.05, 3.63) is 32.0 Å². The van der Waals surface area contributed by atoms with Gasteiger partial charge in [-0.25, -0.2) is 4.79 Å². The summed E-state index contributed by atoms with van der Waals surface area (Å²) in [7, 11) is 0.351. The second kappa shape index (κ2) is 12.0. The molecule has 0 aromatic carbocycles. The molecule has 2 amide bonds. The van der Waals surface area contributed by atoms with E-state index in [0.717, 1.165) is 11.8 Å². The van der Waals surface area contributed by atoms with Crippen molar-refractivity contribution < 1.29 is 28.4 Å². The Balaban J connectivity index is 1.88. The van der Waals surface area contributed by atoms with Crippen LogP contribution in [0.2, 0.25) is 19.6 Å². The van der Waals surface area contributed by atoms with Gasteiger partial charge in [-0.15, -0.1) is 11.8 Å². The molecule has 1 fully saturated rings. The number of nitrogens with one attached hydrogen (secondary N) is 2. The molecule has 1 saturated heterocycles. The molecule has 3 rings (SSSR count). The summed E-state index contributed by atoms with van der Waals surface area (Å²) >= 11 is 5.39. The largest absolute Gasteiger partial charge is 0.515 e. The summed E-state index contributed by atoms with van der Waals surface area (Å²) in [5, 5.41) is 7.75. The first-order valence-corrected chi connectivity index (χ1v) is 17.6. The molecule has 0 saturated carbocycles. The van der Waals surface area contributed by atoms with Crippen LogP contribution < -0.4 is 16.4 Å². The summed E-state index contributed by atoms with van der Waals surface area (Å²) in [6, 6.07) is -1.01. The number of halogens is 1. The quantitative estimate of drug-likeness (QED) is 0.0490. The molecule has 2 aliphatic heterocycles. The number of Topliss-reactive ketones (excluding diaryl/α,β-unsaturated/α-hetero) is 1. The van der Waals surface area contributed by atoms with Crippen LogP contribution >= 0.6 is 39.5 Å². The average Bonchev–Trinajstić information content (AvgIpc) is 2.84. The van der Waals surface area contributed by atoms with E-state index in [0.29, 0.717) is 11.3 Å². The summed E-state index contributed by atoms with van der Waals surface area (Å²) in [5.41, 5.74) is -1.67. The zero-order chi connectivity index (χ0) is 28.4. The Bertz CT molecular complexity index is 1350. The zero-order valence-electron chi connectivity index (χ0n) is 21.0. The second-order valence-electron chi connectivity index (χ2n) is 8.98. The highest BCUT2D eigenvalue weighted by Crippen LogP contribution is 2.42. The van der Waals surface area contributed by atoms with Crippen LogP contribution in [0.15, 0.2) is 31.2 Å². The molecule has 0 aliphatic carbocycles. The van der Waals surface area contributed by atoms with Gasteiger partial charge in [0.05, 0.1) is 5.33 Å². The number of aromatic amines is 1. The molecule has 0 unspecified atom stereocenters. The van der Waals surface area contributed by atoms with E-state index in [1.807, 2.05) is 19.6 Å². The van der Waals surface area contributed by atoms with E-state index >= 15 is 0 Å². The topological polar surface area (TPSA) is 182 Å². The van der Waals surface area contributed by atoms with Gasteiger partial charge in [-0.3, -0.25) is 38.7 Å². The average molecular weight is 650 g/mol. The van der Waals surface area contributed by atoms with Crippen LogP contribution in [0.5, 0.6) is 0 Å². The van der Waals surface area contributed by atoms with Gasteiger partial charge in [0.2, 0.25) is 19.8 Å². The highest BCUT2D eigenvalue weighted by Gasteiger charge is 2.55. The zero-order valence-corrected chi connectivity index (χ0v) is 25.2. The Kier molecular flexibility index (Phi) is 9.42. The number of carbonyl (C=O) groups excluding carboxylic acids is 4. The van der Waals surface area contributed by atoms with Crippen molar-refractivity contribution in [2.75, 3.05) is 23.9 Å². The lowest BCUT2D eigenvalue weighted by atomic mass is 10.0. The van der Waals surface area contributed by atoms with Crippen LogP contribution in [0.25, 0.3) is 0 Å². The summed E-state index contributed by atoms with van der Waals surface area (Å²) < 4.78 is 6.98. The van der Waals surface area contributed by atoms with E-state index in [9.17, 15) is 28.8 Å². The molecular weight excluding hydrogens is 624 g/mol. The van der Waals surface area contributed by atoms with Crippen molar-refractivity contribution in [1.82, 2.24) is 25.0 Å². The summed E-state index contributed by atoms with van der Waals surface area (Å²) in [6.07, 6.45) is 0. The minimum absolute atomic E-state index is 0.0657. The lowest BCUT2D eigenvalue weighted by molar-refractivity contribution is -0.149. The Morgan fingerprint density at radius 3 is 2.58 bits per heavy atom. The van der Waals surface area contributed by atoms with Gasteiger partial charge < -0.3 is 14.6 Å². The van der Waals surface area contributed by atoms with E-state index < -0.39 is 60.1 Å². The highest BCUT2D eigenvalue weighted by atomic mass is 79.9. The predicted molar refractivity (Wildman–Crippen MR) is 146 cm³/mol. The maximum atomic E-state index is 13.2. The van der Waals surface area contributed by atoms with Gasteiger partial charge in [-0.2, -0.15) is 4.98 Å². The number of rotatable bonds is 10. The van der Waals surface area contributed by atoms with Crippen LogP contribution in [-0.4, -0.2) is 92.6 Å². The van der Waals surface area contributed by atoms with E-state index in [-0.39, 0.29) is 21.9 Å². The second-order valence-corrected chi connectivity index (χ2v) is 16.0. The van der Waals surface area contributed by atoms with Gasteiger partial charge in [0, 0.05) is 18.6 Å². The van der Waals surface area contributed by atoms with Crippen molar-refractivity contribution in [3.8, 4) is 0 Å². The van der Waals surface area contributed by atoms with Crippen molar-refractivity contribution in [2.45, 2.75) is 36.2 Å². The van der Waals surface area contributed by atoms with Crippen LogP contribution in [0.3, 0.4) is 0 Å². The molecule has 2 N–H and O–H groups in total. The molecule has 206 valence electrons. The lowest BCUT2D eigenvalue weighted by Gasteiger charge is -2.50. The molecule has 3 heterocycles. The number of alkyl halides is 1. The Labute approximate surface area is 234 Å². The third kappa shape index (κ3) is 6.46. The van der Waals surface area contributed by atoms with Crippen LogP contribution in [0.4, 0.5) is 0 Å². The highest BCUT2D eigenvalue weighted by molar-refractivity contribution is 9.09. The van der Waals surface area contributed by atoms with Crippen LogP contribution in [-0.2, 0) is 35.5 Å². The Morgan fingerprint density at radius 1 is 1.29 bits per heavy atom. The molecule has 38 heavy (non-hydrogen) atoms. The van der Waals surface area contributed by atoms with Crippen molar-refractivity contribution >= 4 is 77.0 Å². The minimum atomic E-state index is -2.35. The number of aromatic nitrogens is 3. The maximum Gasteiger partial charge on any atom is 0.341 e. The van der Waals surface area contributed by atoms with Gasteiger partial charge >= 0.3 is 17.1 Å². The molecule has 1 aromatic rings. The monoisotopic (exact) mass is 648 g/mol. The molecule has 1 aromatic heterocycles. The number of β-lactam (4-membered cyclic amide) rings is 1. The van der Waals surface area contributed by atoms with Crippen molar-refractivity contribution in [3.63, 3.8) is 0 Å². The Morgan fingerprint density at radius 2 is 1.97 bits per heavy atom. The number of H-pyrrole nitrogens is 1. The van der Waals surface area contributed by atoms with Gasteiger partial charge in [0.1, 0.15) is 24.2 Å². The smallest absolute Gasteiger partial charge is 0.341 e. The van der Waals surface area contributed by atoms with Gasteiger partial charge in [0.25, 0.3) is 11.8 Å². The fraction of sp³-hybridized carbons (Fsp3) is 0.500. The number of fused-ring (bicyclic) bond motifs is 1. The molecule has 2 aliphatic rings. The van der Waals surface area contributed by atoms with Gasteiger partial charge in [-0.05, 0) is 25.2 Å². The van der Waals surface area contributed by atoms with Crippen molar-refractivity contribution in [2.24, 2.45) is 12.2 Å². The standard InChI is InChI=1S/C20H25BrN6O8S2Si/c1-26-20(23-15(30)16(31)24-26)37-8-9-7-36-18-12(22-14(29)11(25-34-2)10(28)6-21)17(32)27(18)13(9)19(33)35-38(3,4)5/h12,18H,6-8H2,1-5H3,(H,22,29)(H,24,31)/b25-11+/t12-,18-/m1/s1. The van der Waals surface area contributed by atoms with E-state index in [1.54, 1.807) is 0 Å². The third-order valence-corrected chi connectivity index (χ3v) is 8.80. The fourth-order valence-electron chi connectivity index (χ4n) is 3.43. The number of hydrogen-bond donors (Lipinski definition) is 2. The number of nitrogens with zero attached hydrogens (tertiary/aromatic N) is 4. The molecule has 0 radical (unpaired) electrons. The first-order valence-electron chi connectivity index (χ1n) is 11.0. The van der Waals surface area contributed by atoms with Gasteiger partial charge in [0.15, 0.2) is 5.16 Å². The van der Waals surface area contributed by atoms with Crippen LogP contribution in [0.1, 0.15) is 0 Å². The minimum Gasteiger partial charge on any atom is -0.515 e. The van der Waals surface area contributed by atoms with Crippen LogP contribution in [0, 0.1) is 0 Å². The normalized spacial score (nSPS) is 19.5. The van der Waals surface area contributed by atoms with E-state index in [1.165, 1.54) is 35.5 Å². The van der Waals surface area contributed by atoms with E-state index in [2.05, 4.69) is 41.3 Å². The number of amides is 2.